The second-order valence-corrected chi connectivity index (χ2v) is 5.10. The lowest BCUT2D eigenvalue weighted by molar-refractivity contribution is -0.120. The van der Waals surface area contributed by atoms with E-state index < -0.39 is 0 Å². The number of carbonyl (C=O) groups excluding carboxylic acids is 1. The second kappa shape index (κ2) is 7.29. The van der Waals surface area contributed by atoms with Crippen LogP contribution < -0.4 is 15.4 Å². The molecule has 1 amide bonds. The molecule has 0 bridgehead atoms. The van der Waals surface area contributed by atoms with Crippen molar-refractivity contribution in [1.29, 1.82) is 0 Å². The maximum atomic E-state index is 11.2. The maximum absolute atomic E-state index is 11.2. The third kappa shape index (κ3) is 3.51. The van der Waals surface area contributed by atoms with Crippen LogP contribution in [0.2, 0.25) is 0 Å². The molecule has 0 spiro atoms. The Morgan fingerprint density at radius 3 is 3.05 bits per heavy atom. The molecule has 0 fully saturated rings. The number of amides is 1. The van der Waals surface area contributed by atoms with Crippen LogP contribution in [0.4, 0.5) is 0 Å². The molecular weight excluding hydrogens is 252 g/mol. The van der Waals surface area contributed by atoms with Gasteiger partial charge in [-0.05, 0) is 43.0 Å². The Kier molecular flexibility index (Phi) is 5.41. The quantitative estimate of drug-likeness (QED) is 0.751. The minimum Gasteiger partial charge on any atom is -0.493 e. The fourth-order valence-corrected chi connectivity index (χ4v) is 2.75. The number of hydrogen-bond donors (Lipinski definition) is 2. The molecule has 0 heterocycles. The van der Waals surface area contributed by atoms with E-state index >= 15 is 0 Å². The summed E-state index contributed by atoms with van der Waals surface area (Å²) in [6.45, 7) is 3.72. The van der Waals surface area contributed by atoms with Gasteiger partial charge in [0, 0.05) is 19.5 Å². The minimum atomic E-state index is 0.0686. The normalized spacial score (nSPS) is 16.8. The number of ether oxygens (including phenoxy) is 1. The van der Waals surface area contributed by atoms with Crippen LogP contribution >= 0.6 is 0 Å². The van der Waals surface area contributed by atoms with Crippen molar-refractivity contribution in [1.82, 2.24) is 10.6 Å². The topological polar surface area (TPSA) is 50.4 Å². The lowest BCUT2D eigenvalue weighted by Gasteiger charge is -2.14. The number of carbonyl (C=O) groups is 1. The Labute approximate surface area is 120 Å². The summed E-state index contributed by atoms with van der Waals surface area (Å²) in [5.74, 6) is 1.05. The summed E-state index contributed by atoms with van der Waals surface area (Å²) in [7, 11) is 1.66. The first-order chi connectivity index (χ1) is 9.76. The summed E-state index contributed by atoms with van der Waals surface area (Å²) < 4.78 is 5.86. The fraction of sp³-hybridized carbons (Fsp3) is 0.562. The van der Waals surface area contributed by atoms with Crippen LogP contribution in [0.3, 0.4) is 0 Å². The van der Waals surface area contributed by atoms with E-state index in [-0.39, 0.29) is 5.91 Å². The Bertz CT molecular complexity index is 460. The molecule has 1 aliphatic carbocycles. The molecule has 0 aromatic heterocycles. The van der Waals surface area contributed by atoms with Gasteiger partial charge in [0.05, 0.1) is 6.61 Å². The Morgan fingerprint density at radius 1 is 1.45 bits per heavy atom. The number of benzene rings is 1. The average molecular weight is 276 g/mol. The van der Waals surface area contributed by atoms with Crippen LogP contribution in [0, 0.1) is 0 Å². The molecule has 1 unspecified atom stereocenters. The first-order valence-electron chi connectivity index (χ1n) is 7.44. The van der Waals surface area contributed by atoms with Gasteiger partial charge in [-0.15, -0.1) is 0 Å². The molecule has 20 heavy (non-hydrogen) atoms. The van der Waals surface area contributed by atoms with Crippen molar-refractivity contribution in [2.75, 3.05) is 20.2 Å². The standard InChI is InChI=1S/C16H24N2O2/c1-3-18-14-10-9-13-12(14)6-4-7-15(13)20-11-5-8-16(19)17-2/h4,6-7,14,18H,3,5,8-11H2,1-2H3,(H,17,19). The maximum Gasteiger partial charge on any atom is 0.219 e. The van der Waals surface area contributed by atoms with E-state index in [4.69, 9.17) is 4.74 Å². The van der Waals surface area contributed by atoms with Gasteiger partial charge >= 0.3 is 0 Å². The first kappa shape index (κ1) is 14.9. The van der Waals surface area contributed by atoms with E-state index in [1.165, 1.54) is 11.1 Å². The van der Waals surface area contributed by atoms with Crippen molar-refractivity contribution in [3.05, 3.63) is 29.3 Å². The molecule has 4 heteroatoms. The molecular formula is C16H24N2O2. The highest BCUT2D eigenvalue weighted by Crippen LogP contribution is 2.36. The molecule has 1 aromatic rings. The van der Waals surface area contributed by atoms with Crippen LogP contribution in [-0.4, -0.2) is 26.1 Å². The van der Waals surface area contributed by atoms with E-state index in [9.17, 15) is 4.79 Å². The molecule has 1 aliphatic rings. The van der Waals surface area contributed by atoms with Crippen LogP contribution in [0.5, 0.6) is 5.75 Å². The van der Waals surface area contributed by atoms with E-state index in [1.54, 1.807) is 7.05 Å². The van der Waals surface area contributed by atoms with Gasteiger partial charge in [-0.3, -0.25) is 4.79 Å². The highest BCUT2D eigenvalue weighted by molar-refractivity contribution is 5.75. The van der Waals surface area contributed by atoms with Crippen LogP contribution in [0.25, 0.3) is 0 Å². The van der Waals surface area contributed by atoms with Crippen LogP contribution in [0.15, 0.2) is 18.2 Å². The third-order valence-corrected chi connectivity index (χ3v) is 3.76. The molecule has 1 aromatic carbocycles. The smallest absolute Gasteiger partial charge is 0.219 e. The lowest BCUT2D eigenvalue weighted by atomic mass is 10.1. The Morgan fingerprint density at radius 2 is 2.30 bits per heavy atom. The van der Waals surface area contributed by atoms with Crippen LogP contribution in [-0.2, 0) is 11.2 Å². The minimum absolute atomic E-state index is 0.0686. The number of fused-ring (bicyclic) bond motifs is 1. The summed E-state index contributed by atoms with van der Waals surface area (Å²) in [6, 6.07) is 6.74. The zero-order valence-electron chi connectivity index (χ0n) is 12.4. The van der Waals surface area contributed by atoms with Crippen molar-refractivity contribution < 1.29 is 9.53 Å². The molecule has 2 N–H and O–H groups in total. The van der Waals surface area contributed by atoms with E-state index in [0.717, 1.165) is 31.6 Å². The molecule has 0 radical (unpaired) electrons. The monoisotopic (exact) mass is 276 g/mol. The fourth-order valence-electron chi connectivity index (χ4n) is 2.75. The van der Waals surface area contributed by atoms with Gasteiger partial charge in [0.25, 0.3) is 0 Å². The van der Waals surface area contributed by atoms with Crippen LogP contribution in [0.1, 0.15) is 43.4 Å². The predicted molar refractivity (Wildman–Crippen MR) is 80.0 cm³/mol. The number of rotatable bonds is 7. The van der Waals surface area contributed by atoms with Crippen molar-refractivity contribution >= 4 is 5.91 Å². The highest BCUT2D eigenvalue weighted by Gasteiger charge is 2.24. The molecule has 110 valence electrons. The summed E-state index contributed by atoms with van der Waals surface area (Å²) in [5.41, 5.74) is 2.70. The molecule has 0 saturated carbocycles. The van der Waals surface area contributed by atoms with Gasteiger partial charge in [0.2, 0.25) is 5.91 Å². The van der Waals surface area contributed by atoms with Gasteiger partial charge < -0.3 is 15.4 Å². The number of nitrogens with one attached hydrogen (secondary N) is 2. The van der Waals surface area contributed by atoms with E-state index in [1.807, 2.05) is 6.07 Å². The molecule has 0 saturated heterocycles. The Hall–Kier alpha value is -1.55. The summed E-state index contributed by atoms with van der Waals surface area (Å²) in [6.07, 6.45) is 3.48. The zero-order valence-corrected chi connectivity index (χ0v) is 12.4. The third-order valence-electron chi connectivity index (χ3n) is 3.76. The first-order valence-corrected chi connectivity index (χ1v) is 7.44. The van der Waals surface area contributed by atoms with Gasteiger partial charge in [-0.2, -0.15) is 0 Å². The van der Waals surface area contributed by atoms with Crippen molar-refractivity contribution in [3.63, 3.8) is 0 Å². The summed E-state index contributed by atoms with van der Waals surface area (Å²) in [5, 5.41) is 6.13. The molecule has 1 atom stereocenters. The summed E-state index contributed by atoms with van der Waals surface area (Å²) in [4.78, 5) is 11.2. The van der Waals surface area contributed by atoms with Gasteiger partial charge in [-0.1, -0.05) is 19.1 Å². The van der Waals surface area contributed by atoms with E-state index in [2.05, 4.69) is 29.7 Å². The van der Waals surface area contributed by atoms with Gasteiger partial charge in [0.15, 0.2) is 0 Å². The largest absolute Gasteiger partial charge is 0.493 e. The average Bonchev–Trinajstić information content (AvgIpc) is 2.88. The number of hydrogen-bond acceptors (Lipinski definition) is 3. The molecule has 2 rings (SSSR count). The van der Waals surface area contributed by atoms with Crippen molar-refractivity contribution in [3.8, 4) is 5.75 Å². The predicted octanol–water partition coefficient (Wildman–Crippen LogP) is 2.19. The second-order valence-electron chi connectivity index (χ2n) is 5.10. The lowest BCUT2D eigenvalue weighted by Crippen LogP contribution is -2.18. The highest BCUT2D eigenvalue weighted by atomic mass is 16.5. The molecule has 0 aliphatic heterocycles. The van der Waals surface area contributed by atoms with E-state index in [0.29, 0.717) is 19.1 Å². The summed E-state index contributed by atoms with van der Waals surface area (Å²) >= 11 is 0. The molecule has 4 nitrogen and oxygen atoms in total. The van der Waals surface area contributed by atoms with Crippen molar-refractivity contribution in [2.45, 2.75) is 38.6 Å². The SMILES string of the molecule is CCNC1CCc2c(OCCCC(=O)NC)cccc21. The zero-order chi connectivity index (χ0) is 14.4. The van der Waals surface area contributed by atoms with Gasteiger partial charge in [-0.25, -0.2) is 0 Å². The van der Waals surface area contributed by atoms with Gasteiger partial charge in [0.1, 0.15) is 5.75 Å². The van der Waals surface area contributed by atoms with Crippen molar-refractivity contribution in [2.24, 2.45) is 0 Å². The Balaban J connectivity index is 1.92.